The van der Waals surface area contributed by atoms with Crippen LogP contribution in [-0.4, -0.2) is 5.92 Å². The lowest BCUT2D eigenvalue weighted by molar-refractivity contribution is -0.322. The topological polar surface area (TPSA) is 0 Å². The van der Waals surface area contributed by atoms with E-state index in [4.69, 9.17) is 0 Å². The maximum Gasteiger partial charge on any atom is 0.255 e. The molecule has 70 valence electrons. The molecule has 0 radical (unpaired) electrons. The van der Waals surface area contributed by atoms with E-state index in [0.717, 1.165) is 19.3 Å². The highest BCUT2D eigenvalue weighted by atomic mass is 19.3. The zero-order chi connectivity index (χ0) is 9.20. The van der Waals surface area contributed by atoms with Crippen LogP contribution in [0.3, 0.4) is 0 Å². The monoisotopic (exact) mass is 174 g/mol. The van der Waals surface area contributed by atoms with E-state index in [2.05, 4.69) is 6.92 Å². The highest BCUT2D eigenvalue weighted by molar-refractivity contribution is 5.20. The van der Waals surface area contributed by atoms with E-state index in [0.29, 0.717) is 5.41 Å². The van der Waals surface area contributed by atoms with Crippen molar-refractivity contribution in [2.45, 2.75) is 46.0 Å². The Morgan fingerprint density at radius 2 is 1.58 bits per heavy atom. The number of alkyl halides is 2. The van der Waals surface area contributed by atoms with Gasteiger partial charge in [0.1, 0.15) is 0 Å². The molecule has 3 aliphatic rings. The van der Waals surface area contributed by atoms with Gasteiger partial charge < -0.3 is 0 Å². The number of hydrogen-bond donors (Lipinski definition) is 0. The Kier molecular flexibility index (Phi) is 1.31. The van der Waals surface area contributed by atoms with Gasteiger partial charge in [-0.3, -0.25) is 0 Å². The van der Waals surface area contributed by atoms with E-state index < -0.39 is 17.3 Å². The maximum atomic E-state index is 13.6. The average molecular weight is 174 g/mol. The number of hydrogen-bond acceptors (Lipinski definition) is 0. The normalized spacial score (nSPS) is 45.5. The van der Waals surface area contributed by atoms with E-state index in [-0.39, 0.29) is 0 Å². The predicted molar refractivity (Wildman–Crippen MR) is 44.2 cm³/mol. The quantitative estimate of drug-likeness (QED) is 0.601. The first-order valence-electron chi connectivity index (χ1n) is 4.69. The van der Waals surface area contributed by atoms with Gasteiger partial charge in [-0.2, -0.15) is 0 Å². The van der Waals surface area contributed by atoms with Crippen molar-refractivity contribution in [1.29, 1.82) is 0 Å². The maximum absolute atomic E-state index is 13.6. The van der Waals surface area contributed by atoms with Crippen LogP contribution in [0.4, 0.5) is 8.78 Å². The van der Waals surface area contributed by atoms with Crippen LogP contribution in [0.15, 0.2) is 0 Å². The minimum absolute atomic E-state index is 0.290. The standard InChI is InChI=1S/C10H16F2/c1-7(2)10(11,12)9-4-8(3,5-9)6-9/h7H,4-6H2,1-3H3. The minimum Gasteiger partial charge on any atom is -0.206 e. The lowest BCUT2D eigenvalue weighted by atomic mass is 9.33. The second-order valence-electron chi connectivity index (χ2n) is 5.40. The van der Waals surface area contributed by atoms with Gasteiger partial charge in [-0.15, -0.1) is 0 Å². The highest BCUT2D eigenvalue weighted by Crippen LogP contribution is 2.78. The minimum atomic E-state index is -2.43. The molecule has 3 aliphatic carbocycles. The van der Waals surface area contributed by atoms with Gasteiger partial charge in [0.15, 0.2) is 0 Å². The van der Waals surface area contributed by atoms with Gasteiger partial charge in [0, 0.05) is 11.3 Å². The van der Waals surface area contributed by atoms with Gasteiger partial charge in [-0.05, 0) is 24.7 Å². The zero-order valence-corrected chi connectivity index (χ0v) is 7.95. The van der Waals surface area contributed by atoms with Crippen LogP contribution < -0.4 is 0 Å². The smallest absolute Gasteiger partial charge is 0.206 e. The molecule has 0 aliphatic heterocycles. The summed E-state index contributed by atoms with van der Waals surface area (Å²) in [7, 11) is 0. The van der Waals surface area contributed by atoms with Gasteiger partial charge in [0.25, 0.3) is 5.92 Å². The van der Waals surface area contributed by atoms with Crippen LogP contribution in [0.25, 0.3) is 0 Å². The molecule has 2 heteroatoms. The summed E-state index contributed by atoms with van der Waals surface area (Å²) in [6.45, 7) is 5.37. The summed E-state index contributed by atoms with van der Waals surface area (Å²) in [5, 5.41) is 0. The van der Waals surface area contributed by atoms with Crippen molar-refractivity contribution in [2.75, 3.05) is 0 Å². The molecule has 0 atom stereocenters. The van der Waals surface area contributed by atoms with Crippen molar-refractivity contribution in [3.63, 3.8) is 0 Å². The molecular formula is C10H16F2. The van der Waals surface area contributed by atoms with Gasteiger partial charge in [-0.25, -0.2) is 8.78 Å². The Morgan fingerprint density at radius 3 is 1.83 bits per heavy atom. The molecule has 0 amide bonds. The lowest BCUT2D eigenvalue weighted by Gasteiger charge is -2.72. The van der Waals surface area contributed by atoms with Gasteiger partial charge in [0.05, 0.1) is 0 Å². The average Bonchev–Trinajstić information content (AvgIpc) is 1.78. The van der Waals surface area contributed by atoms with E-state index in [1.807, 2.05) is 0 Å². The molecule has 0 aromatic carbocycles. The van der Waals surface area contributed by atoms with Crippen molar-refractivity contribution in [3.8, 4) is 0 Å². The number of rotatable bonds is 2. The molecule has 0 spiro atoms. The summed E-state index contributed by atoms with van der Waals surface area (Å²) in [4.78, 5) is 0. The Labute approximate surface area is 72.3 Å². The zero-order valence-electron chi connectivity index (χ0n) is 7.95. The summed E-state index contributed by atoms with van der Waals surface area (Å²) in [5.41, 5.74) is -0.297. The molecule has 2 bridgehead atoms. The Bertz CT molecular complexity index is 198. The van der Waals surface area contributed by atoms with Gasteiger partial charge in [-0.1, -0.05) is 20.8 Å². The molecule has 0 aromatic heterocycles. The lowest BCUT2D eigenvalue weighted by Crippen LogP contribution is -2.69. The Hall–Kier alpha value is -0.140. The van der Waals surface area contributed by atoms with Gasteiger partial charge in [0.2, 0.25) is 0 Å². The molecule has 0 N–H and O–H groups in total. The van der Waals surface area contributed by atoms with Crippen molar-refractivity contribution in [3.05, 3.63) is 0 Å². The summed E-state index contributed by atoms with van der Waals surface area (Å²) >= 11 is 0. The molecular weight excluding hydrogens is 158 g/mol. The molecule has 0 heterocycles. The second-order valence-corrected chi connectivity index (χ2v) is 5.40. The molecule has 12 heavy (non-hydrogen) atoms. The predicted octanol–water partition coefficient (Wildman–Crippen LogP) is 3.47. The van der Waals surface area contributed by atoms with Crippen LogP contribution in [-0.2, 0) is 0 Å². The Morgan fingerprint density at radius 1 is 1.17 bits per heavy atom. The Balaban J connectivity index is 2.12. The summed E-state index contributed by atoms with van der Waals surface area (Å²) in [6.07, 6.45) is 2.27. The van der Waals surface area contributed by atoms with E-state index >= 15 is 0 Å². The second kappa shape index (κ2) is 1.85. The van der Waals surface area contributed by atoms with Crippen molar-refractivity contribution < 1.29 is 8.78 Å². The third kappa shape index (κ3) is 0.717. The van der Waals surface area contributed by atoms with Crippen molar-refractivity contribution >= 4 is 0 Å². The van der Waals surface area contributed by atoms with E-state index in [1.165, 1.54) is 0 Å². The molecule has 0 aromatic rings. The number of halogens is 2. The fourth-order valence-electron chi connectivity index (χ4n) is 3.26. The third-order valence-corrected chi connectivity index (χ3v) is 3.73. The SMILES string of the molecule is CC(C)C(F)(F)C12CC(C)(C1)C2. The van der Waals surface area contributed by atoms with Crippen LogP contribution >= 0.6 is 0 Å². The first-order chi connectivity index (χ1) is 5.31. The van der Waals surface area contributed by atoms with Crippen LogP contribution in [0, 0.1) is 16.7 Å². The first kappa shape index (κ1) is 8.46. The van der Waals surface area contributed by atoms with Gasteiger partial charge >= 0.3 is 0 Å². The third-order valence-electron chi connectivity index (χ3n) is 3.73. The highest BCUT2D eigenvalue weighted by Gasteiger charge is 2.75. The largest absolute Gasteiger partial charge is 0.255 e. The fraction of sp³-hybridized carbons (Fsp3) is 1.00. The molecule has 3 saturated carbocycles. The van der Waals surface area contributed by atoms with Crippen LogP contribution in [0.2, 0.25) is 0 Å². The molecule has 0 unspecified atom stereocenters. The van der Waals surface area contributed by atoms with E-state index in [9.17, 15) is 8.78 Å². The van der Waals surface area contributed by atoms with Crippen molar-refractivity contribution in [1.82, 2.24) is 0 Å². The summed E-state index contributed by atoms with van der Waals surface area (Å²) in [6, 6.07) is 0. The summed E-state index contributed by atoms with van der Waals surface area (Å²) in [5.74, 6) is -2.92. The summed E-state index contributed by atoms with van der Waals surface area (Å²) < 4.78 is 27.2. The fourth-order valence-corrected chi connectivity index (χ4v) is 3.26. The molecule has 0 saturated heterocycles. The van der Waals surface area contributed by atoms with Crippen LogP contribution in [0.5, 0.6) is 0 Å². The van der Waals surface area contributed by atoms with Crippen LogP contribution in [0.1, 0.15) is 40.0 Å². The first-order valence-corrected chi connectivity index (χ1v) is 4.69. The molecule has 3 rings (SSSR count). The molecule has 0 nitrogen and oxygen atoms in total. The molecule has 3 fully saturated rings. The van der Waals surface area contributed by atoms with E-state index in [1.54, 1.807) is 13.8 Å². The van der Waals surface area contributed by atoms with Crippen molar-refractivity contribution in [2.24, 2.45) is 16.7 Å².